The van der Waals surface area contributed by atoms with Gasteiger partial charge in [-0.1, -0.05) is 54.1 Å². The lowest BCUT2D eigenvalue weighted by molar-refractivity contribution is 0.340. The van der Waals surface area contributed by atoms with Crippen LogP contribution in [0, 0.1) is 0 Å². The highest BCUT2D eigenvalue weighted by Crippen LogP contribution is 2.33. The molecule has 0 saturated heterocycles. The van der Waals surface area contributed by atoms with Gasteiger partial charge in [0.1, 0.15) is 0 Å². The van der Waals surface area contributed by atoms with Crippen LogP contribution in [-0.4, -0.2) is 7.11 Å². The van der Waals surface area contributed by atoms with Crippen LogP contribution >= 0.6 is 11.6 Å². The van der Waals surface area contributed by atoms with Gasteiger partial charge in [0.25, 0.3) is 0 Å². The molecule has 17 heavy (non-hydrogen) atoms. The summed E-state index contributed by atoms with van der Waals surface area (Å²) >= 11 is 6.26. The first-order valence-electron chi connectivity index (χ1n) is 5.68. The van der Waals surface area contributed by atoms with Gasteiger partial charge in [0.15, 0.2) is 0 Å². The molecule has 0 unspecified atom stereocenters. The van der Waals surface area contributed by atoms with Gasteiger partial charge in [0.2, 0.25) is 0 Å². The summed E-state index contributed by atoms with van der Waals surface area (Å²) in [4.78, 5) is 0. The molecule has 1 nitrogen and oxygen atoms in total. The Labute approximate surface area is 107 Å². The van der Waals surface area contributed by atoms with Crippen LogP contribution < -0.4 is 0 Å². The Hall–Kier alpha value is -1.47. The van der Waals surface area contributed by atoms with Gasteiger partial charge < -0.3 is 4.74 Å². The second kappa shape index (κ2) is 5.74. The Morgan fingerprint density at radius 1 is 1.18 bits per heavy atom. The molecule has 0 heterocycles. The van der Waals surface area contributed by atoms with Crippen molar-refractivity contribution >= 4 is 17.2 Å². The van der Waals surface area contributed by atoms with Crippen LogP contribution in [0.1, 0.15) is 18.4 Å². The van der Waals surface area contributed by atoms with Crippen LogP contribution in [0.3, 0.4) is 0 Å². The molecule has 1 aliphatic rings. The van der Waals surface area contributed by atoms with Gasteiger partial charge in [-0.3, -0.25) is 0 Å². The number of hydrogen-bond donors (Lipinski definition) is 0. The lowest BCUT2D eigenvalue weighted by Gasteiger charge is -2.15. The number of halogens is 1. The van der Waals surface area contributed by atoms with Crippen molar-refractivity contribution < 1.29 is 4.74 Å². The van der Waals surface area contributed by atoms with E-state index in [9.17, 15) is 0 Å². The predicted octanol–water partition coefficient (Wildman–Crippen LogP) is 4.52. The van der Waals surface area contributed by atoms with Crippen LogP contribution in [0.25, 0.3) is 5.57 Å². The lowest BCUT2D eigenvalue weighted by atomic mass is 9.94. The standard InChI is InChI=1S/C15H15ClO/c1-17-11-14(12-7-3-2-4-8-12)13-9-5-6-10-15(13)16/h2-4,7-11H,5-6H2,1H3. The number of benzene rings is 1. The molecule has 0 bridgehead atoms. The van der Waals surface area contributed by atoms with Gasteiger partial charge in [0.05, 0.1) is 13.4 Å². The molecule has 0 N–H and O–H groups in total. The molecular weight excluding hydrogens is 232 g/mol. The molecule has 0 saturated carbocycles. The molecule has 88 valence electrons. The first-order chi connectivity index (χ1) is 8.33. The maximum absolute atomic E-state index is 6.26. The zero-order valence-electron chi connectivity index (χ0n) is 9.82. The van der Waals surface area contributed by atoms with E-state index in [1.165, 1.54) is 0 Å². The summed E-state index contributed by atoms with van der Waals surface area (Å²) in [7, 11) is 1.66. The molecule has 0 radical (unpaired) electrons. The molecule has 0 aliphatic heterocycles. The van der Waals surface area contributed by atoms with Crippen molar-refractivity contribution in [1.82, 2.24) is 0 Å². The van der Waals surface area contributed by atoms with Gasteiger partial charge in [-0.15, -0.1) is 0 Å². The van der Waals surface area contributed by atoms with Gasteiger partial charge in [-0.05, 0) is 24.0 Å². The minimum Gasteiger partial charge on any atom is -0.504 e. The normalized spacial score (nSPS) is 16.2. The third-order valence-corrected chi connectivity index (χ3v) is 3.06. The van der Waals surface area contributed by atoms with Crippen molar-refractivity contribution in [3.05, 3.63) is 64.9 Å². The zero-order valence-corrected chi connectivity index (χ0v) is 10.6. The lowest BCUT2D eigenvalue weighted by Crippen LogP contribution is -1.95. The third kappa shape index (κ3) is 2.80. The van der Waals surface area contributed by atoms with E-state index in [2.05, 4.69) is 24.3 Å². The van der Waals surface area contributed by atoms with E-state index in [1.54, 1.807) is 13.4 Å². The molecule has 1 aromatic rings. The maximum Gasteiger partial charge on any atom is 0.0909 e. The number of methoxy groups -OCH3 is 1. The number of ether oxygens (including phenoxy) is 1. The number of allylic oxidation sites excluding steroid dienone is 5. The predicted molar refractivity (Wildman–Crippen MR) is 72.7 cm³/mol. The Kier molecular flexibility index (Phi) is 4.05. The van der Waals surface area contributed by atoms with Gasteiger partial charge in [-0.2, -0.15) is 0 Å². The van der Waals surface area contributed by atoms with Crippen LogP contribution in [-0.2, 0) is 4.74 Å². The molecular formula is C15H15ClO. The summed E-state index contributed by atoms with van der Waals surface area (Å²) in [6.45, 7) is 0. The van der Waals surface area contributed by atoms with E-state index < -0.39 is 0 Å². The second-order valence-corrected chi connectivity index (χ2v) is 4.29. The molecule has 2 heteroatoms. The van der Waals surface area contributed by atoms with Crippen molar-refractivity contribution in [3.8, 4) is 0 Å². The quantitative estimate of drug-likeness (QED) is 0.713. The maximum atomic E-state index is 6.26. The van der Waals surface area contributed by atoms with E-state index in [0.29, 0.717) is 0 Å². The monoisotopic (exact) mass is 246 g/mol. The smallest absolute Gasteiger partial charge is 0.0909 e. The Morgan fingerprint density at radius 2 is 1.88 bits per heavy atom. The molecule has 1 aromatic carbocycles. The summed E-state index contributed by atoms with van der Waals surface area (Å²) in [6.07, 6.45) is 8.02. The Bertz CT molecular complexity index is 469. The van der Waals surface area contributed by atoms with Crippen LogP contribution in [0.2, 0.25) is 0 Å². The first kappa shape index (κ1) is 12.0. The number of hydrogen-bond acceptors (Lipinski definition) is 1. The van der Waals surface area contributed by atoms with E-state index in [1.807, 2.05) is 18.2 Å². The summed E-state index contributed by atoms with van der Waals surface area (Å²) in [5, 5.41) is 0.809. The highest BCUT2D eigenvalue weighted by Gasteiger charge is 2.13. The molecule has 0 atom stereocenters. The molecule has 0 aromatic heterocycles. The van der Waals surface area contributed by atoms with Gasteiger partial charge >= 0.3 is 0 Å². The fraction of sp³-hybridized carbons (Fsp3) is 0.200. The summed E-state index contributed by atoms with van der Waals surface area (Å²) in [5.41, 5.74) is 3.22. The summed E-state index contributed by atoms with van der Waals surface area (Å²) in [5.74, 6) is 0. The van der Waals surface area contributed by atoms with Crippen molar-refractivity contribution in [2.24, 2.45) is 0 Å². The topological polar surface area (TPSA) is 9.23 Å². The highest BCUT2D eigenvalue weighted by atomic mass is 35.5. The zero-order chi connectivity index (χ0) is 12.1. The fourth-order valence-electron chi connectivity index (χ4n) is 1.91. The van der Waals surface area contributed by atoms with E-state index in [4.69, 9.17) is 16.3 Å². The van der Waals surface area contributed by atoms with Crippen LogP contribution in [0.4, 0.5) is 0 Å². The second-order valence-electron chi connectivity index (χ2n) is 3.88. The van der Waals surface area contributed by atoms with E-state index in [0.717, 1.165) is 34.6 Å². The molecule has 2 rings (SSSR count). The van der Waals surface area contributed by atoms with Gasteiger partial charge in [0, 0.05) is 10.6 Å². The Morgan fingerprint density at radius 3 is 2.53 bits per heavy atom. The molecule has 0 fully saturated rings. The Balaban J connectivity index is 2.41. The van der Waals surface area contributed by atoms with E-state index in [-0.39, 0.29) is 0 Å². The molecule has 1 aliphatic carbocycles. The van der Waals surface area contributed by atoms with Crippen molar-refractivity contribution in [1.29, 1.82) is 0 Å². The minimum absolute atomic E-state index is 0.809. The largest absolute Gasteiger partial charge is 0.504 e. The molecule has 0 spiro atoms. The average molecular weight is 247 g/mol. The fourth-order valence-corrected chi connectivity index (χ4v) is 2.19. The van der Waals surface area contributed by atoms with Crippen molar-refractivity contribution in [2.75, 3.05) is 7.11 Å². The van der Waals surface area contributed by atoms with Crippen molar-refractivity contribution in [3.63, 3.8) is 0 Å². The van der Waals surface area contributed by atoms with E-state index >= 15 is 0 Å². The van der Waals surface area contributed by atoms with Crippen LogP contribution in [0.15, 0.2) is 59.4 Å². The highest BCUT2D eigenvalue weighted by molar-refractivity contribution is 6.33. The molecule has 0 amide bonds. The first-order valence-corrected chi connectivity index (χ1v) is 6.05. The third-order valence-electron chi connectivity index (χ3n) is 2.71. The van der Waals surface area contributed by atoms with Crippen LogP contribution in [0.5, 0.6) is 0 Å². The summed E-state index contributed by atoms with van der Waals surface area (Å²) in [6, 6.07) is 10.1. The number of rotatable bonds is 3. The SMILES string of the molecule is COC=C(C1=CCCC=C1Cl)c1ccccc1. The minimum atomic E-state index is 0.809. The average Bonchev–Trinajstić information content (AvgIpc) is 2.38. The van der Waals surface area contributed by atoms with Gasteiger partial charge in [-0.25, -0.2) is 0 Å². The summed E-state index contributed by atoms with van der Waals surface area (Å²) < 4.78 is 5.17. The van der Waals surface area contributed by atoms with Crippen molar-refractivity contribution in [2.45, 2.75) is 12.8 Å².